The topological polar surface area (TPSA) is 49.9 Å². The van der Waals surface area contributed by atoms with E-state index in [1.807, 2.05) is 20.8 Å². The number of amides is 1. The van der Waals surface area contributed by atoms with Crippen molar-refractivity contribution in [3.8, 4) is 0 Å². The van der Waals surface area contributed by atoms with Gasteiger partial charge in [-0.1, -0.05) is 19.8 Å². The summed E-state index contributed by atoms with van der Waals surface area (Å²) in [7, 11) is 0. The molecule has 0 aromatic rings. The molecule has 1 saturated heterocycles. The molecule has 0 N–H and O–H groups in total. The van der Waals surface area contributed by atoms with Crippen molar-refractivity contribution in [3.05, 3.63) is 11.8 Å². The van der Waals surface area contributed by atoms with Gasteiger partial charge in [-0.05, 0) is 33.6 Å². The molecule has 2 aliphatic rings. The lowest BCUT2D eigenvalue weighted by Crippen LogP contribution is -2.36. The highest BCUT2D eigenvalue weighted by Gasteiger charge is 2.39. The lowest BCUT2D eigenvalue weighted by Gasteiger charge is -2.31. The zero-order valence-corrected chi connectivity index (χ0v) is 14.2. The number of nitrogens with zero attached hydrogens (tertiary/aromatic N) is 2. The highest BCUT2D eigenvalue weighted by Crippen LogP contribution is 2.29. The lowest BCUT2D eigenvalue weighted by atomic mass is 10.0. The summed E-state index contributed by atoms with van der Waals surface area (Å²) in [5, 5.41) is 0. The second-order valence-corrected chi connectivity index (χ2v) is 7.23. The van der Waals surface area contributed by atoms with E-state index in [4.69, 9.17) is 4.74 Å². The first-order valence-electron chi connectivity index (χ1n) is 8.28. The van der Waals surface area contributed by atoms with E-state index < -0.39 is 5.60 Å². The Bertz CT molecular complexity index is 465. The molecule has 0 spiro atoms. The van der Waals surface area contributed by atoms with Crippen LogP contribution in [-0.2, 0) is 9.53 Å². The first-order chi connectivity index (χ1) is 10.3. The third kappa shape index (κ3) is 4.24. The van der Waals surface area contributed by atoms with Gasteiger partial charge in [-0.3, -0.25) is 9.69 Å². The highest BCUT2D eigenvalue weighted by atomic mass is 16.6. The number of hydrogen-bond acceptors (Lipinski definition) is 4. The number of unbranched alkanes of at least 4 members (excludes halogenated alkanes) is 2. The van der Waals surface area contributed by atoms with E-state index in [2.05, 4.69) is 11.8 Å². The average molecular weight is 308 g/mol. The van der Waals surface area contributed by atoms with Gasteiger partial charge < -0.3 is 9.64 Å². The number of rotatable bonds is 4. The number of allylic oxidation sites excluding steroid dienone is 2. The van der Waals surface area contributed by atoms with Crippen molar-refractivity contribution in [1.82, 2.24) is 9.80 Å². The van der Waals surface area contributed by atoms with Crippen LogP contribution in [-0.4, -0.2) is 46.5 Å². The molecule has 124 valence electrons. The van der Waals surface area contributed by atoms with Crippen LogP contribution in [0.2, 0.25) is 0 Å². The number of carbonyl (C=O) groups is 2. The SMILES string of the molecule is CCCCCC1=CC(=O)C[C@H]2CN(C(=O)OC(C)(C)C)CN12. The second kappa shape index (κ2) is 6.71. The molecule has 0 aromatic heterocycles. The predicted molar refractivity (Wildman–Crippen MR) is 85.3 cm³/mol. The van der Waals surface area contributed by atoms with Crippen LogP contribution in [0.15, 0.2) is 11.8 Å². The van der Waals surface area contributed by atoms with Crippen molar-refractivity contribution < 1.29 is 14.3 Å². The largest absolute Gasteiger partial charge is 0.444 e. The summed E-state index contributed by atoms with van der Waals surface area (Å²) in [5.41, 5.74) is 0.594. The fourth-order valence-electron chi connectivity index (χ4n) is 3.00. The Morgan fingerprint density at radius 1 is 1.36 bits per heavy atom. The van der Waals surface area contributed by atoms with Gasteiger partial charge in [0.1, 0.15) is 5.60 Å². The molecule has 2 rings (SSSR count). The monoisotopic (exact) mass is 308 g/mol. The van der Waals surface area contributed by atoms with Crippen molar-refractivity contribution in [2.75, 3.05) is 13.2 Å². The standard InChI is InChI=1S/C17H28N2O3/c1-5-6-7-8-13-9-15(20)10-14-11-18(12-19(13)14)16(21)22-17(2,3)4/h9,14H,5-8,10-12H2,1-4H3/t14-/m0/s1. The van der Waals surface area contributed by atoms with Crippen LogP contribution < -0.4 is 0 Å². The minimum Gasteiger partial charge on any atom is -0.444 e. The Morgan fingerprint density at radius 2 is 2.09 bits per heavy atom. The summed E-state index contributed by atoms with van der Waals surface area (Å²) in [6.07, 6.45) is 6.31. The Kier molecular flexibility index (Phi) is 5.14. The van der Waals surface area contributed by atoms with E-state index in [1.54, 1.807) is 11.0 Å². The minimum absolute atomic E-state index is 0.113. The molecule has 0 aromatic carbocycles. The number of fused-ring (bicyclic) bond motifs is 1. The van der Waals surface area contributed by atoms with Crippen LogP contribution >= 0.6 is 0 Å². The third-order valence-electron chi connectivity index (χ3n) is 4.02. The maximum Gasteiger partial charge on any atom is 0.411 e. The molecule has 0 unspecified atom stereocenters. The molecule has 0 aliphatic carbocycles. The summed E-state index contributed by atoms with van der Waals surface area (Å²) in [6, 6.07) is 0.113. The summed E-state index contributed by atoms with van der Waals surface area (Å²) >= 11 is 0. The summed E-state index contributed by atoms with van der Waals surface area (Å²) in [5.74, 6) is 0.179. The van der Waals surface area contributed by atoms with Crippen LogP contribution in [0.1, 0.15) is 59.8 Å². The van der Waals surface area contributed by atoms with Crippen LogP contribution in [0.3, 0.4) is 0 Å². The van der Waals surface area contributed by atoms with Gasteiger partial charge in [0, 0.05) is 24.7 Å². The van der Waals surface area contributed by atoms with Gasteiger partial charge in [-0.15, -0.1) is 0 Å². The molecule has 0 radical (unpaired) electrons. The number of ketones is 1. The van der Waals surface area contributed by atoms with Crippen LogP contribution in [0.5, 0.6) is 0 Å². The van der Waals surface area contributed by atoms with Gasteiger partial charge in [0.05, 0.1) is 12.7 Å². The number of carbonyl (C=O) groups excluding carboxylic acids is 2. The van der Waals surface area contributed by atoms with E-state index in [1.165, 1.54) is 6.42 Å². The smallest absolute Gasteiger partial charge is 0.411 e. The molecule has 0 saturated carbocycles. The van der Waals surface area contributed by atoms with Crippen molar-refractivity contribution >= 4 is 11.9 Å². The Morgan fingerprint density at radius 3 is 2.73 bits per heavy atom. The quantitative estimate of drug-likeness (QED) is 0.748. The first kappa shape index (κ1) is 16.8. The van der Waals surface area contributed by atoms with Crippen molar-refractivity contribution in [2.24, 2.45) is 0 Å². The molecule has 5 nitrogen and oxygen atoms in total. The predicted octanol–water partition coefficient (Wildman–Crippen LogP) is 3.30. The van der Waals surface area contributed by atoms with E-state index >= 15 is 0 Å². The number of ether oxygens (including phenoxy) is 1. The Hall–Kier alpha value is -1.52. The van der Waals surface area contributed by atoms with Crippen LogP contribution in [0, 0.1) is 0 Å². The van der Waals surface area contributed by atoms with E-state index in [-0.39, 0.29) is 17.9 Å². The maximum atomic E-state index is 12.2. The van der Waals surface area contributed by atoms with Gasteiger partial charge in [0.15, 0.2) is 5.78 Å². The number of hydrogen-bond donors (Lipinski definition) is 0. The Labute approximate surface area is 133 Å². The molecule has 2 heterocycles. The third-order valence-corrected chi connectivity index (χ3v) is 4.02. The van der Waals surface area contributed by atoms with Crippen LogP contribution in [0.25, 0.3) is 0 Å². The molecular formula is C17H28N2O3. The molecule has 0 bridgehead atoms. The highest BCUT2D eigenvalue weighted by molar-refractivity contribution is 5.91. The van der Waals surface area contributed by atoms with Gasteiger partial charge in [-0.2, -0.15) is 0 Å². The zero-order chi connectivity index (χ0) is 16.3. The van der Waals surface area contributed by atoms with E-state index in [9.17, 15) is 9.59 Å². The van der Waals surface area contributed by atoms with Gasteiger partial charge in [0.2, 0.25) is 0 Å². The van der Waals surface area contributed by atoms with Crippen molar-refractivity contribution in [2.45, 2.75) is 71.4 Å². The fourth-order valence-corrected chi connectivity index (χ4v) is 3.00. The lowest BCUT2D eigenvalue weighted by molar-refractivity contribution is -0.116. The van der Waals surface area contributed by atoms with Crippen LogP contribution in [0.4, 0.5) is 4.79 Å². The maximum absolute atomic E-state index is 12.2. The van der Waals surface area contributed by atoms with E-state index in [0.29, 0.717) is 19.6 Å². The van der Waals surface area contributed by atoms with Gasteiger partial charge in [0.25, 0.3) is 0 Å². The van der Waals surface area contributed by atoms with Gasteiger partial charge >= 0.3 is 6.09 Å². The average Bonchev–Trinajstić information content (AvgIpc) is 2.80. The Balaban J connectivity index is 2.00. The molecule has 5 heteroatoms. The molecule has 1 atom stereocenters. The summed E-state index contributed by atoms with van der Waals surface area (Å²) < 4.78 is 5.44. The second-order valence-electron chi connectivity index (χ2n) is 7.23. The van der Waals surface area contributed by atoms with E-state index in [0.717, 1.165) is 25.0 Å². The molecule has 1 amide bonds. The zero-order valence-electron chi connectivity index (χ0n) is 14.2. The minimum atomic E-state index is -0.490. The first-order valence-corrected chi connectivity index (χ1v) is 8.28. The van der Waals surface area contributed by atoms with Crippen molar-refractivity contribution in [3.63, 3.8) is 0 Å². The molecular weight excluding hydrogens is 280 g/mol. The van der Waals surface area contributed by atoms with Crippen molar-refractivity contribution in [1.29, 1.82) is 0 Å². The summed E-state index contributed by atoms with van der Waals surface area (Å²) in [6.45, 7) is 8.88. The molecule has 2 aliphatic heterocycles. The fraction of sp³-hybridized carbons (Fsp3) is 0.765. The molecule has 1 fully saturated rings. The summed E-state index contributed by atoms with van der Waals surface area (Å²) in [4.78, 5) is 28.1. The molecule has 22 heavy (non-hydrogen) atoms. The van der Waals surface area contributed by atoms with Gasteiger partial charge in [-0.25, -0.2) is 4.79 Å². The normalized spacial score (nSPS) is 21.7.